The van der Waals surface area contributed by atoms with Gasteiger partial charge in [0, 0.05) is 36.7 Å². The highest BCUT2D eigenvalue weighted by Gasteiger charge is 2.37. The number of benzene rings is 1. The Labute approximate surface area is 127 Å². The van der Waals surface area contributed by atoms with E-state index < -0.39 is 0 Å². The second-order valence-electron chi connectivity index (χ2n) is 6.54. The van der Waals surface area contributed by atoms with E-state index >= 15 is 0 Å². The molecule has 0 bridgehead atoms. The summed E-state index contributed by atoms with van der Waals surface area (Å²) < 4.78 is 0. The highest BCUT2D eigenvalue weighted by Crippen LogP contribution is 2.41. The van der Waals surface area contributed by atoms with Gasteiger partial charge in [-0.05, 0) is 50.4 Å². The maximum absolute atomic E-state index is 6.48. The van der Waals surface area contributed by atoms with Crippen molar-refractivity contribution in [1.29, 1.82) is 0 Å². The molecule has 2 nitrogen and oxygen atoms in total. The second kappa shape index (κ2) is 5.67. The zero-order valence-electron chi connectivity index (χ0n) is 12.7. The summed E-state index contributed by atoms with van der Waals surface area (Å²) in [5.41, 5.74) is 3.04. The molecule has 0 aromatic heterocycles. The zero-order chi connectivity index (χ0) is 14.2. The molecule has 0 unspecified atom stereocenters. The van der Waals surface area contributed by atoms with Crippen molar-refractivity contribution in [2.75, 3.05) is 33.2 Å². The van der Waals surface area contributed by atoms with Gasteiger partial charge in [-0.25, -0.2) is 0 Å². The van der Waals surface area contributed by atoms with Gasteiger partial charge in [0.2, 0.25) is 0 Å². The van der Waals surface area contributed by atoms with Crippen LogP contribution in [0.25, 0.3) is 0 Å². The molecule has 1 aromatic rings. The van der Waals surface area contributed by atoms with Gasteiger partial charge in [-0.2, -0.15) is 0 Å². The summed E-state index contributed by atoms with van der Waals surface area (Å²) >= 11 is 6.48. The minimum absolute atomic E-state index is 0.165. The van der Waals surface area contributed by atoms with Gasteiger partial charge in [-0.1, -0.05) is 30.2 Å². The van der Waals surface area contributed by atoms with E-state index in [1.54, 1.807) is 0 Å². The van der Waals surface area contributed by atoms with Crippen molar-refractivity contribution in [3.05, 3.63) is 34.3 Å². The summed E-state index contributed by atoms with van der Waals surface area (Å²) in [7, 11) is 2.22. The average molecular weight is 293 g/mol. The lowest BCUT2D eigenvalue weighted by Crippen LogP contribution is -2.53. The fourth-order valence-electron chi connectivity index (χ4n) is 3.85. The van der Waals surface area contributed by atoms with Crippen molar-refractivity contribution in [1.82, 2.24) is 9.80 Å². The standard InChI is InChI=1S/C17H25ClN2/c1-17(20-12-10-19(2)11-13-20)9-4-3-6-14-15(17)7-5-8-16(14)18/h5,7-8H,3-4,6,9-13H2,1-2H3/t17-/m1/s1. The molecule has 1 aromatic carbocycles. The van der Waals surface area contributed by atoms with E-state index in [1.165, 1.54) is 56.6 Å². The third kappa shape index (κ3) is 2.49. The maximum atomic E-state index is 6.48. The molecule has 1 atom stereocenters. The van der Waals surface area contributed by atoms with E-state index in [1.807, 2.05) is 0 Å². The van der Waals surface area contributed by atoms with Gasteiger partial charge in [-0.3, -0.25) is 4.90 Å². The number of likely N-dealkylation sites (N-methyl/N-ethyl adjacent to an activating group) is 1. The topological polar surface area (TPSA) is 6.48 Å². The predicted molar refractivity (Wildman–Crippen MR) is 85.4 cm³/mol. The van der Waals surface area contributed by atoms with Crippen LogP contribution in [-0.2, 0) is 12.0 Å². The van der Waals surface area contributed by atoms with Crippen LogP contribution in [0.15, 0.2) is 18.2 Å². The number of nitrogens with zero attached hydrogens (tertiary/aromatic N) is 2. The van der Waals surface area contributed by atoms with Crippen molar-refractivity contribution >= 4 is 11.6 Å². The van der Waals surface area contributed by atoms with Crippen LogP contribution in [-0.4, -0.2) is 43.0 Å². The summed E-state index contributed by atoms with van der Waals surface area (Å²) in [6.07, 6.45) is 4.95. The van der Waals surface area contributed by atoms with E-state index in [0.29, 0.717) is 0 Å². The fourth-order valence-corrected chi connectivity index (χ4v) is 4.12. The summed E-state index contributed by atoms with van der Waals surface area (Å²) in [4.78, 5) is 5.11. The van der Waals surface area contributed by atoms with Crippen molar-refractivity contribution in [2.45, 2.75) is 38.1 Å². The number of hydrogen-bond acceptors (Lipinski definition) is 2. The number of hydrogen-bond donors (Lipinski definition) is 0. The van der Waals surface area contributed by atoms with Gasteiger partial charge < -0.3 is 4.90 Å². The van der Waals surface area contributed by atoms with Gasteiger partial charge in [0.05, 0.1) is 0 Å². The molecule has 1 aliphatic heterocycles. The third-order valence-electron chi connectivity index (χ3n) is 5.24. The molecule has 3 rings (SSSR count). The predicted octanol–water partition coefficient (Wildman–Crippen LogP) is 3.53. The Bertz CT molecular complexity index is 480. The molecule has 0 saturated carbocycles. The summed E-state index contributed by atoms with van der Waals surface area (Å²) in [6, 6.07) is 6.49. The van der Waals surface area contributed by atoms with Crippen LogP contribution in [0, 0.1) is 0 Å². The highest BCUT2D eigenvalue weighted by atomic mass is 35.5. The van der Waals surface area contributed by atoms with E-state index in [0.717, 1.165) is 11.4 Å². The van der Waals surface area contributed by atoms with Crippen LogP contribution in [0.1, 0.15) is 37.3 Å². The minimum Gasteiger partial charge on any atom is -0.304 e. The van der Waals surface area contributed by atoms with Crippen molar-refractivity contribution < 1.29 is 0 Å². The van der Waals surface area contributed by atoms with Crippen LogP contribution in [0.3, 0.4) is 0 Å². The first-order valence-electron chi connectivity index (χ1n) is 7.83. The Kier molecular flexibility index (Phi) is 4.07. The first-order valence-corrected chi connectivity index (χ1v) is 8.20. The molecule has 1 aliphatic carbocycles. The molecule has 110 valence electrons. The Balaban J connectivity index is 1.98. The molecule has 0 amide bonds. The second-order valence-corrected chi connectivity index (χ2v) is 6.94. The Morgan fingerprint density at radius 1 is 1.10 bits per heavy atom. The number of halogens is 1. The first-order chi connectivity index (χ1) is 9.61. The van der Waals surface area contributed by atoms with Crippen molar-refractivity contribution in [3.8, 4) is 0 Å². The lowest BCUT2D eigenvalue weighted by atomic mass is 9.84. The van der Waals surface area contributed by atoms with Gasteiger partial charge in [-0.15, -0.1) is 0 Å². The smallest absolute Gasteiger partial charge is 0.0441 e. The van der Waals surface area contributed by atoms with Crippen LogP contribution in [0.5, 0.6) is 0 Å². The van der Waals surface area contributed by atoms with Crippen molar-refractivity contribution in [2.24, 2.45) is 0 Å². The largest absolute Gasteiger partial charge is 0.304 e. The maximum Gasteiger partial charge on any atom is 0.0441 e. The average Bonchev–Trinajstić information content (AvgIpc) is 2.61. The lowest BCUT2D eigenvalue weighted by Gasteiger charge is -2.46. The molecule has 0 radical (unpaired) electrons. The fraction of sp³-hybridized carbons (Fsp3) is 0.647. The molecule has 1 heterocycles. The lowest BCUT2D eigenvalue weighted by molar-refractivity contribution is 0.0423. The van der Waals surface area contributed by atoms with Crippen LogP contribution in [0.2, 0.25) is 5.02 Å². The number of fused-ring (bicyclic) bond motifs is 1. The van der Waals surface area contributed by atoms with Gasteiger partial charge >= 0.3 is 0 Å². The molecular weight excluding hydrogens is 268 g/mol. The van der Waals surface area contributed by atoms with E-state index in [4.69, 9.17) is 11.6 Å². The monoisotopic (exact) mass is 292 g/mol. The first kappa shape index (κ1) is 14.4. The van der Waals surface area contributed by atoms with E-state index in [-0.39, 0.29) is 5.54 Å². The highest BCUT2D eigenvalue weighted by molar-refractivity contribution is 6.31. The molecule has 20 heavy (non-hydrogen) atoms. The summed E-state index contributed by atoms with van der Waals surface area (Å²) in [5, 5.41) is 0.963. The third-order valence-corrected chi connectivity index (χ3v) is 5.59. The normalized spacial score (nSPS) is 28.9. The van der Waals surface area contributed by atoms with Gasteiger partial charge in [0.1, 0.15) is 0 Å². The number of rotatable bonds is 1. The molecule has 3 heteroatoms. The number of piperazine rings is 1. The SMILES string of the molecule is CN1CCN([C@]2(C)CCCCc3c(Cl)cccc32)CC1. The minimum atomic E-state index is 0.165. The summed E-state index contributed by atoms with van der Waals surface area (Å²) in [5.74, 6) is 0. The van der Waals surface area contributed by atoms with E-state index in [2.05, 4.69) is 42.0 Å². The molecule has 0 N–H and O–H groups in total. The molecule has 1 saturated heterocycles. The molecule has 1 fully saturated rings. The van der Waals surface area contributed by atoms with Crippen LogP contribution >= 0.6 is 11.6 Å². The van der Waals surface area contributed by atoms with Gasteiger partial charge in [0.25, 0.3) is 0 Å². The van der Waals surface area contributed by atoms with Crippen molar-refractivity contribution in [3.63, 3.8) is 0 Å². The Morgan fingerprint density at radius 3 is 2.60 bits per heavy atom. The summed E-state index contributed by atoms with van der Waals surface area (Å²) in [6.45, 7) is 7.10. The quantitative estimate of drug-likeness (QED) is 0.731. The van der Waals surface area contributed by atoms with E-state index in [9.17, 15) is 0 Å². The zero-order valence-corrected chi connectivity index (χ0v) is 13.4. The van der Waals surface area contributed by atoms with Crippen LogP contribution < -0.4 is 0 Å². The molecular formula is C17H25ClN2. The molecule has 0 spiro atoms. The molecule has 2 aliphatic rings. The van der Waals surface area contributed by atoms with Crippen LogP contribution in [0.4, 0.5) is 0 Å². The Morgan fingerprint density at radius 2 is 1.85 bits per heavy atom. The van der Waals surface area contributed by atoms with Gasteiger partial charge in [0.15, 0.2) is 0 Å². The Hall–Kier alpha value is -0.570.